The van der Waals surface area contributed by atoms with Crippen molar-refractivity contribution < 1.29 is 0 Å². The van der Waals surface area contributed by atoms with Crippen molar-refractivity contribution in [3.05, 3.63) is 211 Å². The summed E-state index contributed by atoms with van der Waals surface area (Å²) in [6.07, 6.45) is 3.44. The molecule has 8 aromatic rings. The highest BCUT2D eigenvalue weighted by molar-refractivity contribution is 7.22. The maximum absolute atomic E-state index is 2.72. The third kappa shape index (κ3) is 6.63. The fourth-order valence-corrected chi connectivity index (χ4v) is 24.5. The zero-order valence-corrected chi connectivity index (χ0v) is 33.0. The number of hydrogen-bond donors (Lipinski definition) is 0. The van der Waals surface area contributed by atoms with E-state index in [1.54, 1.807) is 10.4 Å². The summed E-state index contributed by atoms with van der Waals surface area (Å²) >= 11 is 0. The van der Waals surface area contributed by atoms with Crippen molar-refractivity contribution in [3.63, 3.8) is 0 Å². The van der Waals surface area contributed by atoms with Gasteiger partial charge in [0, 0.05) is 0 Å². The molecule has 0 aliphatic rings. The average molecular weight is 717 g/mol. The lowest BCUT2D eigenvalue weighted by atomic mass is 9.97. The summed E-state index contributed by atoms with van der Waals surface area (Å²) in [5, 5.41) is 13.2. The molecule has 0 spiro atoms. The third-order valence-corrected chi connectivity index (χ3v) is 24.5. The number of unbranched alkanes of at least 4 members (excludes halogenated alkanes) is 1. The minimum Gasteiger partial charge on any atom is -0.0626 e. The zero-order chi connectivity index (χ0) is 36.1. The quantitative estimate of drug-likeness (QED) is 0.0671. The van der Waals surface area contributed by atoms with Gasteiger partial charge in [0.25, 0.3) is 0 Å². The van der Waals surface area contributed by atoms with Gasteiger partial charge in [0.05, 0.1) is 0 Å². The van der Waals surface area contributed by atoms with Crippen LogP contribution in [0.25, 0.3) is 21.5 Å². The molecule has 0 bridgehead atoms. The summed E-state index contributed by atoms with van der Waals surface area (Å²) in [7, 11) is -5.19. The zero-order valence-electron chi connectivity index (χ0n) is 31.0. The Morgan fingerprint density at radius 3 is 1.30 bits per heavy atom. The Morgan fingerprint density at radius 2 is 0.774 bits per heavy atom. The van der Waals surface area contributed by atoms with Crippen LogP contribution in [0.1, 0.15) is 29.5 Å². The lowest BCUT2D eigenvalue weighted by Crippen LogP contribution is -2.74. The fourth-order valence-electron chi connectivity index (χ4n) is 9.23. The second kappa shape index (κ2) is 15.4. The van der Waals surface area contributed by atoms with Crippen LogP contribution in [-0.2, 0) is 6.42 Å². The van der Waals surface area contributed by atoms with Crippen molar-refractivity contribution in [2.24, 2.45) is 0 Å². The van der Waals surface area contributed by atoms with Gasteiger partial charge in [-0.3, -0.25) is 0 Å². The highest BCUT2D eigenvalue weighted by Crippen LogP contribution is 2.31. The van der Waals surface area contributed by atoms with E-state index >= 15 is 0 Å². The molecule has 0 N–H and O–H groups in total. The van der Waals surface area contributed by atoms with Crippen molar-refractivity contribution >= 4 is 63.6 Å². The molecule has 260 valence electrons. The van der Waals surface area contributed by atoms with Crippen molar-refractivity contribution in [1.29, 1.82) is 0 Å². The molecule has 2 heteroatoms. The highest BCUT2D eigenvalue weighted by Gasteiger charge is 2.50. The van der Waals surface area contributed by atoms with Gasteiger partial charge in [-0.25, -0.2) is 0 Å². The van der Waals surface area contributed by atoms with Gasteiger partial charge in [0.15, 0.2) is 0 Å². The predicted molar refractivity (Wildman–Crippen MR) is 235 cm³/mol. The number of benzene rings is 8. The smallest absolute Gasteiger partial charge is 0.0626 e. The van der Waals surface area contributed by atoms with E-state index in [9.17, 15) is 0 Å². The fraction of sp³-hybridized carbons (Fsp3) is 0.137. The SMILES string of the molecule is Cc1ccc(CCCC[Si](C[Si](c2ccccc2)(c2ccccc2)c2ccc(C)c3ccccc23)(c2ccccc2)c2ccccc2)c2ccccc12. The molecule has 0 aliphatic carbocycles. The first-order valence-corrected chi connectivity index (χ1v) is 23.9. The van der Waals surface area contributed by atoms with Crippen LogP contribution in [0, 0.1) is 13.8 Å². The molecule has 0 aliphatic heterocycles. The molecule has 0 nitrogen and oxygen atoms in total. The average Bonchev–Trinajstić information content (AvgIpc) is 3.23. The first-order valence-electron chi connectivity index (χ1n) is 19.3. The molecule has 0 saturated carbocycles. The number of rotatable bonds is 12. The molecule has 0 aromatic heterocycles. The van der Waals surface area contributed by atoms with Crippen molar-refractivity contribution in [1.82, 2.24) is 0 Å². The van der Waals surface area contributed by atoms with Crippen molar-refractivity contribution in [3.8, 4) is 0 Å². The Kier molecular flexibility index (Phi) is 10.1. The Labute approximate surface area is 317 Å². The van der Waals surface area contributed by atoms with Gasteiger partial charge in [-0.15, -0.1) is 0 Å². The van der Waals surface area contributed by atoms with Crippen LogP contribution in [0.15, 0.2) is 194 Å². The van der Waals surface area contributed by atoms with Gasteiger partial charge >= 0.3 is 0 Å². The van der Waals surface area contributed by atoms with E-state index in [4.69, 9.17) is 0 Å². The summed E-state index contributed by atoms with van der Waals surface area (Å²) in [5.41, 5.74) is 5.33. The summed E-state index contributed by atoms with van der Waals surface area (Å²) < 4.78 is 0. The van der Waals surface area contributed by atoms with Crippen LogP contribution in [0.3, 0.4) is 0 Å². The van der Waals surface area contributed by atoms with E-state index in [1.165, 1.54) is 72.7 Å². The first-order chi connectivity index (χ1) is 26.1. The molecule has 8 rings (SSSR count). The molecular weight excluding hydrogens is 669 g/mol. The van der Waals surface area contributed by atoms with E-state index in [0.29, 0.717) is 0 Å². The van der Waals surface area contributed by atoms with Gasteiger partial charge in [-0.2, -0.15) is 0 Å². The summed E-state index contributed by atoms with van der Waals surface area (Å²) in [6, 6.07) is 75.6. The van der Waals surface area contributed by atoms with Gasteiger partial charge < -0.3 is 0 Å². The van der Waals surface area contributed by atoms with Crippen LogP contribution in [0.5, 0.6) is 0 Å². The Hall–Kier alpha value is -5.29. The largest absolute Gasteiger partial charge is 0.147 e. The topological polar surface area (TPSA) is 0 Å². The van der Waals surface area contributed by atoms with Crippen LogP contribution in [0.2, 0.25) is 11.7 Å². The molecule has 0 heterocycles. The Balaban J connectivity index is 1.34. The van der Waals surface area contributed by atoms with Gasteiger partial charge in [0.2, 0.25) is 0 Å². The van der Waals surface area contributed by atoms with Crippen LogP contribution in [-0.4, -0.2) is 16.1 Å². The predicted octanol–water partition coefficient (Wildman–Crippen LogP) is 9.91. The summed E-state index contributed by atoms with van der Waals surface area (Å²) in [6.45, 7) is 4.50. The molecule has 8 aromatic carbocycles. The van der Waals surface area contributed by atoms with E-state index in [1.807, 2.05) is 0 Å². The maximum atomic E-state index is 2.52. The molecule has 0 fully saturated rings. The van der Waals surface area contributed by atoms with E-state index in [-0.39, 0.29) is 0 Å². The molecule has 0 atom stereocenters. The van der Waals surface area contributed by atoms with Crippen LogP contribution >= 0.6 is 0 Å². The third-order valence-electron chi connectivity index (χ3n) is 11.9. The van der Waals surface area contributed by atoms with Crippen molar-refractivity contribution in [2.75, 3.05) is 0 Å². The minimum absolute atomic E-state index is 1.09. The first kappa shape index (κ1) is 34.8. The van der Waals surface area contributed by atoms with Gasteiger partial charge in [-0.05, 0) is 92.2 Å². The second-order valence-electron chi connectivity index (χ2n) is 14.9. The molecular formula is C51H48Si2. The van der Waals surface area contributed by atoms with Crippen LogP contribution in [0.4, 0.5) is 0 Å². The molecule has 0 saturated heterocycles. The lowest BCUT2D eigenvalue weighted by Gasteiger charge is -2.44. The van der Waals surface area contributed by atoms with Crippen molar-refractivity contribution in [2.45, 2.75) is 44.8 Å². The van der Waals surface area contributed by atoms with E-state index < -0.39 is 16.1 Å². The number of hydrogen-bond acceptors (Lipinski definition) is 0. The molecule has 53 heavy (non-hydrogen) atoms. The lowest BCUT2D eigenvalue weighted by molar-refractivity contribution is 0.790. The summed E-state index contributed by atoms with van der Waals surface area (Å²) in [5.74, 6) is 0. The molecule has 0 unspecified atom stereocenters. The van der Waals surface area contributed by atoms with Crippen LogP contribution < -0.4 is 25.9 Å². The molecule has 0 radical (unpaired) electrons. The maximum Gasteiger partial charge on any atom is 0.147 e. The standard InChI is InChI=1S/C51H48Si2/c1-40-34-36-42(49-32-17-15-30-47(40)49)21-19-20-38-52(43-22-7-3-8-23-43,44-24-9-4-10-25-44)39-53(45-26-11-5-12-27-45,46-28-13-6-14-29-46)51-37-35-41(2)48-31-16-18-33-50(48)51/h3-18,22-37H,19-21,38-39H2,1-2H3. The Bertz CT molecular complexity index is 2360. The van der Waals surface area contributed by atoms with Gasteiger partial charge in [0.1, 0.15) is 16.1 Å². The van der Waals surface area contributed by atoms with E-state index in [2.05, 4.69) is 208 Å². The summed E-state index contributed by atoms with van der Waals surface area (Å²) in [4.78, 5) is 0. The highest BCUT2D eigenvalue weighted by atomic mass is 28.4. The minimum atomic E-state index is -2.72. The normalized spacial score (nSPS) is 12.0. The van der Waals surface area contributed by atoms with Gasteiger partial charge in [-0.1, -0.05) is 211 Å². The number of aryl methyl sites for hydroxylation is 3. The molecule has 0 amide bonds. The van der Waals surface area contributed by atoms with E-state index in [0.717, 1.165) is 12.1 Å². The monoisotopic (exact) mass is 716 g/mol. The second-order valence-corrected chi connectivity index (χ2v) is 23.6. The number of fused-ring (bicyclic) bond motifs is 2. The Morgan fingerprint density at radius 1 is 0.358 bits per heavy atom.